The van der Waals surface area contributed by atoms with Gasteiger partial charge in [-0.2, -0.15) is 0 Å². The minimum absolute atomic E-state index is 1.22. The van der Waals surface area contributed by atoms with Gasteiger partial charge in [0.05, 0.1) is 5.52 Å². The maximum Gasteiger partial charge on any atom is 0.0528 e. The van der Waals surface area contributed by atoms with Crippen molar-refractivity contribution in [1.29, 1.82) is 0 Å². The van der Waals surface area contributed by atoms with Gasteiger partial charge >= 0.3 is 0 Å². The lowest BCUT2D eigenvalue weighted by atomic mass is 10.2. The summed E-state index contributed by atoms with van der Waals surface area (Å²) in [6.45, 7) is 0. The van der Waals surface area contributed by atoms with Crippen LogP contribution >= 0.6 is 0 Å². The van der Waals surface area contributed by atoms with E-state index in [0.29, 0.717) is 0 Å². The van der Waals surface area contributed by atoms with Crippen molar-refractivity contribution >= 4 is 10.9 Å². The summed E-state index contributed by atoms with van der Waals surface area (Å²) in [5.41, 5.74) is 5.03. The Hall–Kier alpha value is -2.54. The van der Waals surface area contributed by atoms with Crippen LogP contribution < -0.4 is 0 Å². The number of para-hydroxylation sites is 1. The molecule has 0 aliphatic heterocycles. The Labute approximate surface area is 112 Å². The van der Waals surface area contributed by atoms with Crippen molar-refractivity contribution in [1.82, 2.24) is 4.57 Å². The maximum absolute atomic E-state index is 2.25. The van der Waals surface area contributed by atoms with Crippen LogP contribution in [0.3, 0.4) is 0 Å². The zero-order valence-corrected chi connectivity index (χ0v) is 10.5. The molecule has 0 bridgehead atoms. The fourth-order valence-corrected chi connectivity index (χ4v) is 2.65. The van der Waals surface area contributed by atoms with E-state index in [9.17, 15) is 0 Å². The molecule has 0 atom stereocenters. The second kappa shape index (κ2) is 3.99. The topological polar surface area (TPSA) is 4.93 Å². The third kappa shape index (κ3) is 1.63. The Morgan fingerprint density at radius 3 is 2.11 bits per heavy atom. The summed E-state index contributed by atoms with van der Waals surface area (Å²) in [6, 6.07) is 25.6. The van der Waals surface area contributed by atoms with E-state index in [1.807, 2.05) is 0 Å². The highest BCUT2D eigenvalue weighted by molar-refractivity contribution is 5.83. The molecule has 1 heteroatoms. The molecule has 0 saturated heterocycles. The van der Waals surface area contributed by atoms with E-state index in [1.165, 1.54) is 27.7 Å². The highest BCUT2D eigenvalue weighted by atomic mass is 15.0. The zero-order chi connectivity index (χ0) is 12.7. The first-order valence-electron chi connectivity index (χ1n) is 6.47. The summed E-state index contributed by atoms with van der Waals surface area (Å²) in [7, 11) is 0. The molecule has 4 rings (SSSR count). The first-order valence-corrected chi connectivity index (χ1v) is 6.47. The molecule has 0 amide bonds. The lowest BCUT2D eigenvalue weighted by molar-refractivity contribution is 1.14. The van der Waals surface area contributed by atoms with Gasteiger partial charge in [0, 0.05) is 11.9 Å². The highest BCUT2D eigenvalue weighted by Crippen LogP contribution is 2.29. The van der Waals surface area contributed by atoms with Crippen LogP contribution in [0, 0.1) is 0 Å². The van der Waals surface area contributed by atoms with Crippen molar-refractivity contribution < 1.29 is 0 Å². The largest absolute Gasteiger partial charge is 0.317 e. The van der Waals surface area contributed by atoms with E-state index in [-0.39, 0.29) is 0 Å². The first-order chi connectivity index (χ1) is 9.42. The molecule has 0 unspecified atom stereocenters. The number of fused-ring (bicyclic) bond motifs is 2. The average Bonchev–Trinajstić information content (AvgIpc) is 2.97. The van der Waals surface area contributed by atoms with E-state index in [1.54, 1.807) is 0 Å². The molecule has 0 N–H and O–H groups in total. The van der Waals surface area contributed by atoms with Gasteiger partial charge in [-0.05, 0) is 40.8 Å². The number of aromatic nitrogens is 1. The van der Waals surface area contributed by atoms with Crippen LogP contribution in [0.1, 0.15) is 0 Å². The highest BCUT2D eigenvalue weighted by Gasteiger charge is 2.08. The molecule has 2 aromatic rings. The van der Waals surface area contributed by atoms with Gasteiger partial charge in [0.25, 0.3) is 0 Å². The van der Waals surface area contributed by atoms with Crippen LogP contribution in [0.4, 0.5) is 0 Å². The number of hydrogen-bond donors (Lipinski definition) is 0. The zero-order valence-electron chi connectivity index (χ0n) is 10.5. The molecule has 2 aliphatic carbocycles. The standard InChI is InChI=1S/C18H13N/c1-2-7-15-12-17(13-16(15)8-3-1)19-11-10-14-6-4-5-9-18(14)19/h1-13H. The van der Waals surface area contributed by atoms with E-state index in [4.69, 9.17) is 0 Å². The third-order valence-corrected chi connectivity index (χ3v) is 3.59. The summed E-state index contributed by atoms with van der Waals surface area (Å²) in [4.78, 5) is 0. The van der Waals surface area contributed by atoms with Crippen LogP contribution in [0.15, 0.2) is 79.0 Å². The molecular formula is C18H13N. The average molecular weight is 243 g/mol. The fraction of sp³-hybridized carbons (Fsp3) is 0. The van der Waals surface area contributed by atoms with Gasteiger partial charge in [0.15, 0.2) is 0 Å². The second-order valence-electron chi connectivity index (χ2n) is 4.78. The summed E-state index contributed by atoms with van der Waals surface area (Å²) >= 11 is 0. The predicted octanol–water partition coefficient (Wildman–Crippen LogP) is 4.74. The minimum Gasteiger partial charge on any atom is -0.317 e. The van der Waals surface area contributed by atoms with Gasteiger partial charge in [0.1, 0.15) is 0 Å². The fourth-order valence-electron chi connectivity index (χ4n) is 2.65. The maximum atomic E-state index is 2.25. The first kappa shape index (κ1) is 10.4. The monoisotopic (exact) mass is 243 g/mol. The molecule has 1 aromatic carbocycles. The Morgan fingerprint density at radius 2 is 1.32 bits per heavy atom. The number of rotatable bonds is 1. The van der Waals surface area contributed by atoms with Crippen molar-refractivity contribution in [3.63, 3.8) is 0 Å². The van der Waals surface area contributed by atoms with Gasteiger partial charge in [-0.25, -0.2) is 0 Å². The third-order valence-electron chi connectivity index (χ3n) is 3.59. The summed E-state index contributed by atoms with van der Waals surface area (Å²) in [5.74, 6) is 0. The normalized spacial score (nSPS) is 11.2. The number of hydrogen-bond acceptors (Lipinski definition) is 0. The van der Waals surface area contributed by atoms with Crippen molar-refractivity contribution in [3.05, 3.63) is 79.0 Å². The van der Waals surface area contributed by atoms with Gasteiger partial charge in [-0.15, -0.1) is 0 Å². The van der Waals surface area contributed by atoms with Crippen molar-refractivity contribution in [3.8, 4) is 16.8 Å². The van der Waals surface area contributed by atoms with Gasteiger partial charge in [-0.1, -0.05) is 48.5 Å². The lowest BCUT2D eigenvalue weighted by Crippen LogP contribution is -1.87. The molecular weight excluding hydrogens is 230 g/mol. The van der Waals surface area contributed by atoms with Crippen molar-refractivity contribution in [2.75, 3.05) is 0 Å². The molecule has 0 spiro atoms. The molecule has 1 heterocycles. The summed E-state index contributed by atoms with van der Waals surface area (Å²) in [6.07, 6.45) is 2.14. The molecule has 1 aromatic heterocycles. The van der Waals surface area contributed by atoms with E-state index in [2.05, 4.69) is 83.6 Å². The smallest absolute Gasteiger partial charge is 0.0528 e. The van der Waals surface area contributed by atoms with Crippen molar-refractivity contribution in [2.24, 2.45) is 0 Å². The molecule has 0 radical (unpaired) electrons. The van der Waals surface area contributed by atoms with Gasteiger partial charge < -0.3 is 4.57 Å². The Balaban J connectivity index is 1.98. The minimum atomic E-state index is 1.22. The van der Waals surface area contributed by atoms with Crippen molar-refractivity contribution in [2.45, 2.75) is 0 Å². The lowest BCUT2D eigenvalue weighted by Gasteiger charge is -2.01. The quantitative estimate of drug-likeness (QED) is 0.455. The molecule has 0 saturated carbocycles. The predicted molar refractivity (Wildman–Crippen MR) is 79.9 cm³/mol. The summed E-state index contributed by atoms with van der Waals surface area (Å²) < 4.78 is 2.25. The van der Waals surface area contributed by atoms with Crippen LogP contribution in [-0.4, -0.2) is 4.57 Å². The molecule has 1 nitrogen and oxygen atoms in total. The molecule has 2 aliphatic rings. The van der Waals surface area contributed by atoms with E-state index < -0.39 is 0 Å². The summed E-state index contributed by atoms with van der Waals surface area (Å²) in [5, 5.41) is 1.28. The van der Waals surface area contributed by atoms with E-state index in [0.717, 1.165) is 0 Å². The molecule has 0 fully saturated rings. The molecule has 90 valence electrons. The van der Waals surface area contributed by atoms with Gasteiger partial charge in [0.2, 0.25) is 0 Å². The Bertz CT molecular complexity index is 795. The number of nitrogens with zero attached hydrogens (tertiary/aromatic N) is 1. The Morgan fingerprint density at radius 1 is 0.632 bits per heavy atom. The van der Waals surface area contributed by atoms with Crippen LogP contribution in [-0.2, 0) is 0 Å². The van der Waals surface area contributed by atoms with Gasteiger partial charge in [-0.3, -0.25) is 0 Å². The SMILES string of the molecule is c1ccc2cc(-n3ccc4ccccc43)cc-2cc1. The molecule has 19 heavy (non-hydrogen) atoms. The van der Waals surface area contributed by atoms with Crippen LogP contribution in [0.5, 0.6) is 0 Å². The van der Waals surface area contributed by atoms with Crippen LogP contribution in [0.2, 0.25) is 0 Å². The Kier molecular flexibility index (Phi) is 2.18. The van der Waals surface area contributed by atoms with E-state index >= 15 is 0 Å². The number of benzene rings is 1. The van der Waals surface area contributed by atoms with Crippen LogP contribution in [0.25, 0.3) is 27.7 Å². The second-order valence-corrected chi connectivity index (χ2v) is 4.78.